The van der Waals surface area contributed by atoms with Gasteiger partial charge in [0.2, 0.25) is 0 Å². The van der Waals surface area contributed by atoms with Gasteiger partial charge in [0.15, 0.2) is 6.10 Å². The molecule has 0 bridgehead atoms. The first-order valence-electron chi connectivity index (χ1n) is 4.74. The number of nitrogens with zero attached hydrogens (tertiary/aromatic N) is 1. The molecular weight excluding hydrogens is 228 g/mol. The molecule has 1 aromatic rings. The first-order chi connectivity index (χ1) is 7.58. The number of rotatable bonds is 3. The molecule has 1 unspecified atom stereocenters. The third-order valence-corrected chi connectivity index (χ3v) is 2.29. The molecule has 0 heterocycles. The first-order valence-corrected chi connectivity index (χ1v) is 5.12. The zero-order valence-corrected chi connectivity index (χ0v) is 9.49. The number of carbonyl (C=O) groups is 1. The number of anilines is 1. The van der Waals surface area contributed by atoms with Crippen molar-refractivity contribution in [3.63, 3.8) is 0 Å². The van der Waals surface area contributed by atoms with Gasteiger partial charge in [0, 0.05) is 5.69 Å². The van der Waals surface area contributed by atoms with Gasteiger partial charge in [-0.05, 0) is 24.6 Å². The van der Waals surface area contributed by atoms with Gasteiger partial charge in [-0.15, -0.1) is 0 Å². The molecule has 4 nitrogen and oxygen atoms in total. The topological polar surface area (TPSA) is 76.1 Å². The molecule has 0 aliphatic carbocycles. The van der Waals surface area contributed by atoms with Crippen molar-refractivity contribution in [2.24, 2.45) is 0 Å². The highest BCUT2D eigenvalue weighted by Gasteiger charge is 2.16. The van der Waals surface area contributed by atoms with Gasteiger partial charge in [-0.25, -0.2) is 4.79 Å². The molecule has 1 aromatic carbocycles. The monoisotopic (exact) mass is 238 g/mol. The minimum atomic E-state index is -0.749. The first kappa shape index (κ1) is 12.3. The van der Waals surface area contributed by atoms with E-state index in [-0.39, 0.29) is 10.6 Å². The lowest BCUT2D eigenvalue weighted by Crippen LogP contribution is -2.16. The number of nitriles is 1. The number of nitrogen functional groups attached to an aromatic ring is 1. The highest BCUT2D eigenvalue weighted by molar-refractivity contribution is 6.33. The maximum atomic E-state index is 11.6. The summed E-state index contributed by atoms with van der Waals surface area (Å²) in [5.41, 5.74) is 6.17. The zero-order chi connectivity index (χ0) is 12.1. The second kappa shape index (κ2) is 5.38. The van der Waals surface area contributed by atoms with Gasteiger partial charge in [0.05, 0.1) is 10.6 Å². The average Bonchev–Trinajstić information content (AvgIpc) is 2.25. The molecule has 0 amide bonds. The van der Waals surface area contributed by atoms with Crippen molar-refractivity contribution >= 4 is 23.3 Å². The lowest BCUT2D eigenvalue weighted by Gasteiger charge is -2.09. The van der Waals surface area contributed by atoms with Gasteiger partial charge in [-0.1, -0.05) is 18.5 Å². The van der Waals surface area contributed by atoms with Crippen LogP contribution in [0.1, 0.15) is 23.7 Å². The van der Waals surface area contributed by atoms with Gasteiger partial charge in [-0.3, -0.25) is 0 Å². The van der Waals surface area contributed by atoms with Crippen LogP contribution in [0.25, 0.3) is 0 Å². The van der Waals surface area contributed by atoms with Crippen LogP contribution in [0.2, 0.25) is 5.02 Å². The molecule has 84 valence electrons. The summed E-state index contributed by atoms with van der Waals surface area (Å²) < 4.78 is 4.93. The van der Waals surface area contributed by atoms with E-state index in [1.54, 1.807) is 13.0 Å². The summed E-state index contributed by atoms with van der Waals surface area (Å²) in [5.74, 6) is -0.613. The molecule has 0 saturated heterocycles. The molecule has 0 fully saturated rings. The molecule has 1 rings (SSSR count). The number of carbonyl (C=O) groups excluding carboxylic acids is 1. The second-order valence-electron chi connectivity index (χ2n) is 3.17. The number of ether oxygens (including phenoxy) is 1. The molecule has 5 heteroatoms. The maximum absolute atomic E-state index is 11.6. The minimum absolute atomic E-state index is 0.213. The third-order valence-electron chi connectivity index (χ3n) is 1.98. The molecule has 1 atom stereocenters. The number of esters is 1. The Kier molecular flexibility index (Phi) is 4.15. The standard InChI is InChI=1S/C11H11ClN2O2/c1-2-8(6-13)16-11(15)9-4-3-7(14)5-10(9)12/h3-5,8H,2,14H2,1H3. The van der Waals surface area contributed by atoms with Crippen LogP contribution in [0.3, 0.4) is 0 Å². The van der Waals surface area contributed by atoms with Gasteiger partial charge in [0.1, 0.15) is 6.07 Å². The van der Waals surface area contributed by atoms with Crippen molar-refractivity contribution < 1.29 is 9.53 Å². The highest BCUT2D eigenvalue weighted by atomic mass is 35.5. The second-order valence-corrected chi connectivity index (χ2v) is 3.58. The van der Waals surface area contributed by atoms with Crippen LogP contribution in [-0.4, -0.2) is 12.1 Å². The van der Waals surface area contributed by atoms with E-state index in [9.17, 15) is 4.79 Å². The number of nitrogens with two attached hydrogens (primary N) is 1. The lowest BCUT2D eigenvalue weighted by molar-refractivity contribution is 0.0401. The molecule has 16 heavy (non-hydrogen) atoms. The summed E-state index contributed by atoms with van der Waals surface area (Å²) in [6.45, 7) is 1.76. The van der Waals surface area contributed by atoms with Crippen molar-refractivity contribution in [1.29, 1.82) is 5.26 Å². The highest BCUT2D eigenvalue weighted by Crippen LogP contribution is 2.20. The van der Waals surface area contributed by atoms with Gasteiger partial charge in [-0.2, -0.15) is 5.26 Å². The van der Waals surface area contributed by atoms with Crippen LogP contribution >= 0.6 is 11.6 Å². The van der Waals surface area contributed by atoms with E-state index in [4.69, 9.17) is 27.3 Å². The number of hydrogen-bond donors (Lipinski definition) is 1. The van der Waals surface area contributed by atoms with Crippen LogP contribution in [0, 0.1) is 11.3 Å². The van der Waals surface area contributed by atoms with E-state index >= 15 is 0 Å². The average molecular weight is 239 g/mol. The molecular formula is C11H11ClN2O2. The molecule has 0 aliphatic heterocycles. The summed E-state index contributed by atoms with van der Waals surface area (Å²) in [6, 6.07) is 6.36. The van der Waals surface area contributed by atoms with Crippen LogP contribution in [-0.2, 0) is 4.74 Å². The van der Waals surface area contributed by atoms with E-state index in [0.29, 0.717) is 12.1 Å². The van der Waals surface area contributed by atoms with Crippen LogP contribution in [0.15, 0.2) is 18.2 Å². The predicted octanol–water partition coefficient (Wildman–Crippen LogP) is 2.38. The zero-order valence-electron chi connectivity index (χ0n) is 8.74. The predicted molar refractivity (Wildman–Crippen MR) is 61.0 cm³/mol. The summed E-state index contributed by atoms with van der Waals surface area (Å²) >= 11 is 5.83. The lowest BCUT2D eigenvalue weighted by atomic mass is 10.2. The van der Waals surface area contributed by atoms with Crippen molar-refractivity contribution in [3.05, 3.63) is 28.8 Å². The summed E-state index contributed by atoms with van der Waals surface area (Å²) in [5, 5.41) is 8.88. The Morgan fingerprint density at radius 3 is 2.88 bits per heavy atom. The normalized spacial score (nSPS) is 11.6. The molecule has 0 aromatic heterocycles. The Balaban J connectivity index is 2.85. The third kappa shape index (κ3) is 2.88. The van der Waals surface area contributed by atoms with Crippen LogP contribution < -0.4 is 5.73 Å². The number of halogens is 1. The molecule has 0 radical (unpaired) electrons. The maximum Gasteiger partial charge on any atom is 0.340 e. The quantitative estimate of drug-likeness (QED) is 0.648. The Morgan fingerprint density at radius 1 is 1.69 bits per heavy atom. The van der Waals surface area contributed by atoms with E-state index < -0.39 is 12.1 Å². The Labute approximate surface area is 98.6 Å². The van der Waals surface area contributed by atoms with E-state index in [1.807, 2.05) is 6.07 Å². The van der Waals surface area contributed by atoms with Crippen LogP contribution in [0.5, 0.6) is 0 Å². The molecule has 0 aliphatic rings. The van der Waals surface area contributed by atoms with E-state index in [0.717, 1.165) is 0 Å². The van der Waals surface area contributed by atoms with Crippen molar-refractivity contribution in [3.8, 4) is 6.07 Å². The van der Waals surface area contributed by atoms with Crippen molar-refractivity contribution in [2.45, 2.75) is 19.4 Å². The molecule has 0 saturated carbocycles. The smallest absolute Gasteiger partial charge is 0.340 e. The fraction of sp³-hybridized carbons (Fsp3) is 0.273. The Morgan fingerprint density at radius 2 is 2.38 bits per heavy atom. The number of hydrogen-bond acceptors (Lipinski definition) is 4. The SMILES string of the molecule is CCC(C#N)OC(=O)c1ccc(N)cc1Cl. The van der Waals surface area contributed by atoms with Gasteiger partial charge in [0.25, 0.3) is 0 Å². The summed E-state index contributed by atoms with van der Waals surface area (Å²) in [7, 11) is 0. The van der Waals surface area contributed by atoms with Crippen LogP contribution in [0.4, 0.5) is 5.69 Å². The molecule has 2 N–H and O–H groups in total. The van der Waals surface area contributed by atoms with Crippen molar-refractivity contribution in [2.75, 3.05) is 5.73 Å². The fourth-order valence-corrected chi connectivity index (χ4v) is 1.36. The minimum Gasteiger partial charge on any atom is -0.443 e. The summed E-state index contributed by atoms with van der Waals surface area (Å²) in [4.78, 5) is 11.6. The largest absolute Gasteiger partial charge is 0.443 e. The van der Waals surface area contributed by atoms with Gasteiger partial charge < -0.3 is 10.5 Å². The van der Waals surface area contributed by atoms with Gasteiger partial charge >= 0.3 is 5.97 Å². The Hall–Kier alpha value is -1.73. The number of benzene rings is 1. The van der Waals surface area contributed by atoms with E-state index in [2.05, 4.69) is 0 Å². The Bertz CT molecular complexity index is 440. The van der Waals surface area contributed by atoms with E-state index in [1.165, 1.54) is 12.1 Å². The fourth-order valence-electron chi connectivity index (χ4n) is 1.09. The molecule has 0 spiro atoms. The van der Waals surface area contributed by atoms with Crippen molar-refractivity contribution in [1.82, 2.24) is 0 Å². The summed E-state index contributed by atoms with van der Waals surface area (Å²) in [6.07, 6.45) is -0.310.